The van der Waals surface area contributed by atoms with Crippen LogP contribution in [0.3, 0.4) is 0 Å². The summed E-state index contributed by atoms with van der Waals surface area (Å²) in [5, 5.41) is 7.20. The Kier molecular flexibility index (Phi) is 6.48. The number of nitrogens with zero attached hydrogens (tertiary/aromatic N) is 4. The molecule has 0 spiro atoms. The summed E-state index contributed by atoms with van der Waals surface area (Å²) in [7, 11) is 0. The van der Waals surface area contributed by atoms with Crippen LogP contribution in [0.5, 0.6) is 0 Å². The van der Waals surface area contributed by atoms with Gasteiger partial charge in [0.25, 0.3) is 0 Å². The van der Waals surface area contributed by atoms with E-state index in [0.29, 0.717) is 30.2 Å². The summed E-state index contributed by atoms with van der Waals surface area (Å²) in [5.41, 5.74) is 2.14. The van der Waals surface area contributed by atoms with E-state index in [-0.39, 0.29) is 23.4 Å². The molecule has 2 aliphatic heterocycles. The predicted octanol–water partition coefficient (Wildman–Crippen LogP) is 4.67. The number of amides is 1. The highest BCUT2D eigenvalue weighted by Crippen LogP contribution is 2.34. The molecule has 2 aliphatic rings. The Balaban J connectivity index is 1.29. The van der Waals surface area contributed by atoms with Gasteiger partial charge in [0.15, 0.2) is 6.29 Å². The molecule has 2 N–H and O–H groups in total. The lowest BCUT2D eigenvalue weighted by Crippen LogP contribution is -2.52. The minimum atomic E-state index is -0.513. The van der Waals surface area contributed by atoms with Gasteiger partial charge in [0.05, 0.1) is 16.4 Å². The largest absolute Gasteiger partial charge is 0.444 e. The number of ether oxygens (including phenoxy) is 1. The first kappa shape index (κ1) is 24.3. The fourth-order valence-corrected chi connectivity index (χ4v) is 4.62. The first-order chi connectivity index (χ1) is 17.2. The first-order valence-corrected chi connectivity index (χ1v) is 12.2. The number of benzene rings is 1. The number of hydrogen-bond acceptors (Lipinski definition) is 7. The maximum absolute atomic E-state index is 13.7. The Morgan fingerprint density at radius 3 is 2.81 bits per heavy atom. The van der Waals surface area contributed by atoms with Crippen LogP contribution in [0.4, 0.5) is 9.18 Å². The van der Waals surface area contributed by atoms with Gasteiger partial charge in [-0.05, 0) is 57.9 Å². The monoisotopic (exact) mass is 514 g/mol. The summed E-state index contributed by atoms with van der Waals surface area (Å²) in [6.07, 6.45) is 7.79. The van der Waals surface area contributed by atoms with E-state index in [1.807, 2.05) is 31.2 Å². The zero-order valence-corrected chi connectivity index (χ0v) is 21.1. The van der Waals surface area contributed by atoms with Crippen molar-refractivity contribution < 1.29 is 18.3 Å². The molecular weight excluding hydrogens is 487 g/mol. The van der Waals surface area contributed by atoms with E-state index in [9.17, 15) is 9.18 Å². The Hall–Kier alpha value is -3.37. The smallest absolute Gasteiger partial charge is 0.410 e. The average molecular weight is 515 g/mol. The topological polar surface area (TPSA) is 96.4 Å². The molecule has 1 amide bonds. The van der Waals surface area contributed by atoms with Gasteiger partial charge in [0, 0.05) is 37.1 Å². The number of allylic oxidation sites excluding steroid dienone is 1. The highest BCUT2D eigenvalue weighted by Gasteiger charge is 2.29. The molecule has 1 aromatic carbocycles. The molecule has 36 heavy (non-hydrogen) atoms. The summed E-state index contributed by atoms with van der Waals surface area (Å²) in [6, 6.07) is 4.39. The van der Waals surface area contributed by atoms with Crippen LogP contribution in [0, 0.1) is 5.82 Å². The maximum atomic E-state index is 13.7. The summed E-state index contributed by atoms with van der Waals surface area (Å²) >= 11 is 6.36. The predicted molar refractivity (Wildman–Crippen MR) is 135 cm³/mol. The van der Waals surface area contributed by atoms with Crippen molar-refractivity contribution in [1.29, 1.82) is 0 Å². The van der Waals surface area contributed by atoms with Crippen LogP contribution in [-0.2, 0) is 4.74 Å². The van der Waals surface area contributed by atoms with Crippen molar-refractivity contribution in [2.45, 2.75) is 51.5 Å². The lowest BCUT2D eigenvalue weighted by atomic mass is 10.1. The number of aromatic nitrogens is 2. The van der Waals surface area contributed by atoms with Crippen molar-refractivity contribution in [3.63, 3.8) is 0 Å². The van der Waals surface area contributed by atoms with Crippen LogP contribution in [0.1, 0.15) is 39.3 Å². The van der Waals surface area contributed by atoms with Crippen LogP contribution >= 0.6 is 11.6 Å². The van der Waals surface area contributed by atoms with Crippen LogP contribution in [0.25, 0.3) is 22.8 Å². The zero-order valence-electron chi connectivity index (χ0n) is 20.3. The lowest BCUT2D eigenvalue weighted by molar-refractivity contribution is 0.0195. The number of nitrogens with one attached hydrogen (secondary N) is 2. The van der Waals surface area contributed by atoms with Gasteiger partial charge in [-0.15, -0.1) is 0 Å². The molecule has 3 aromatic rings. The minimum Gasteiger partial charge on any atom is -0.444 e. The molecule has 2 aromatic heterocycles. The third kappa shape index (κ3) is 5.10. The number of likely N-dealkylation sites (tertiary alicyclic amines) is 1. The van der Waals surface area contributed by atoms with Crippen molar-refractivity contribution in [3.8, 4) is 11.3 Å². The number of carbonyl (C=O) groups excluding carboxylic acids is 1. The van der Waals surface area contributed by atoms with E-state index < -0.39 is 11.4 Å². The van der Waals surface area contributed by atoms with E-state index in [1.54, 1.807) is 29.6 Å². The first-order valence-electron chi connectivity index (χ1n) is 11.8. The molecule has 1 saturated heterocycles. The average Bonchev–Trinajstić information content (AvgIpc) is 3.40. The standard InChI is InChI=1S/C25H28ClFN6O3/c1-25(2,3)36-24(34)32-10-7-16(8-11-32)29-22-28-9-6-19(30-22)21-20(31-23-33(21)12-13-35-23)17-5-4-15(27)14-18(17)26/h4-6,9,12-14,16,22,29-30H,7-8,10-11H2,1-3H3. The fraction of sp³-hybridized carbons (Fsp3) is 0.400. The number of aliphatic imine (C=N–C) groups is 1. The highest BCUT2D eigenvalue weighted by atomic mass is 35.5. The van der Waals surface area contributed by atoms with Crippen molar-refractivity contribution in [2.75, 3.05) is 13.1 Å². The second-order valence-corrected chi connectivity index (χ2v) is 10.2. The Labute approximate surface area is 213 Å². The molecule has 190 valence electrons. The van der Waals surface area contributed by atoms with E-state index >= 15 is 0 Å². The number of oxazole rings is 1. The van der Waals surface area contributed by atoms with Crippen molar-refractivity contribution in [2.24, 2.45) is 4.99 Å². The molecule has 0 saturated carbocycles. The van der Waals surface area contributed by atoms with Gasteiger partial charge in [0.2, 0.25) is 0 Å². The van der Waals surface area contributed by atoms with Gasteiger partial charge in [-0.2, -0.15) is 4.98 Å². The molecule has 0 radical (unpaired) electrons. The van der Waals surface area contributed by atoms with Gasteiger partial charge < -0.3 is 19.4 Å². The maximum Gasteiger partial charge on any atom is 0.410 e. The number of piperidine rings is 1. The molecule has 1 unspecified atom stereocenters. The molecule has 0 aliphatic carbocycles. The van der Waals surface area contributed by atoms with Crippen LogP contribution in [0.15, 0.2) is 46.1 Å². The summed E-state index contributed by atoms with van der Waals surface area (Å²) in [4.78, 5) is 23.2. The van der Waals surface area contributed by atoms with E-state index in [2.05, 4.69) is 20.6 Å². The van der Waals surface area contributed by atoms with Crippen molar-refractivity contribution >= 4 is 35.4 Å². The number of rotatable bonds is 4. The Morgan fingerprint density at radius 1 is 1.31 bits per heavy atom. The van der Waals surface area contributed by atoms with Crippen LogP contribution < -0.4 is 10.6 Å². The van der Waals surface area contributed by atoms with E-state index in [0.717, 1.165) is 24.2 Å². The molecular formula is C25H28ClFN6O3. The third-order valence-corrected chi connectivity index (χ3v) is 6.32. The van der Waals surface area contributed by atoms with E-state index in [4.69, 9.17) is 20.8 Å². The van der Waals surface area contributed by atoms with Gasteiger partial charge in [-0.3, -0.25) is 14.7 Å². The Morgan fingerprint density at radius 2 is 2.08 bits per heavy atom. The molecule has 1 atom stereocenters. The number of hydrogen-bond donors (Lipinski definition) is 2. The number of imidazole rings is 1. The number of carbonyl (C=O) groups is 1. The summed E-state index contributed by atoms with van der Waals surface area (Å²) < 4.78 is 26.5. The second-order valence-electron chi connectivity index (χ2n) is 9.82. The second kappa shape index (κ2) is 9.59. The van der Waals surface area contributed by atoms with Gasteiger partial charge >= 0.3 is 11.9 Å². The number of fused-ring (bicyclic) bond motifs is 1. The van der Waals surface area contributed by atoms with Crippen molar-refractivity contribution in [3.05, 3.63) is 53.3 Å². The molecule has 4 heterocycles. The zero-order chi connectivity index (χ0) is 25.4. The quantitative estimate of drug-likeness (QED) is 0.525. The van der Waals surface area contributed by atoms with Crippen LogP contribution in [0.2, 0.25) is 5.02 Å². The van der Waals surface area contributed by atoms with Crippen molar-refractivity contribution in [1.82, 2.24) is 24.9 Å². The summed E-state index contributed by atoms with van der Waals surface area (Å²) in [5.74, 6) is -0.0260. The molecule has 9 nitrogen and oxygen atoms in total. The molecule has 5 rings (SSSR count). The normalized spacial score (nSPS) is 18.9. The molecule has 11 heteroatoms. The minimum absolute atomic E-state index is 0.170. The van der Waals surface area contributed by atoms with E-state index in [1.165, 1.54) is 12.1 Å². The number of halogens is 2. The molecule has 1 fully saturated rings. The van der Waals surface area contributed by atoms with Gasteiger partial charge in [-0.25, -0.2) is 9.18 Å². The SMILES string of the molecule is CC(C)(C)OC(=O)N1CCC(NC2N=CC=C(c3c(-c4ccc(F)cc4Cl)nc4occn34)N2)CC1. The highest BCUT2D eigenvalue weighted by molar-refractivity contribution is 6.33. The van der Waals surface area contributed by atoms with Gasteiger partial charge in [-0.1, -0.05) is 11.6 Å². The fourth-order valence-electron chi connectivity index (χ4n) is 4.36. The Bertz CT molecular complexity index is 1330. The summed E-state index contributed by atoms with van der Waals surface area (Å²) in [6.45, 7) is 6.81. The van der Waals surface area contributed by atoms with Gasteiger partial charge in [0.1, 0.15) is 23.4 Å². The lowest BCUT2D eigenvalue weighted by Gasteiger charge is -2.35. The third-order valence-electron chi connectivity index (χ3n) is 6.01. The molecule has 0 bridgehead atoms. The van der Waals surface area contributed by atoms with Crippen LogP contribution in [-0.4, -0.2) is 57.6 Å².